The van der Waals surface area contributed by atoms with Gasteiger partial charge in [-0.1, -0.05) is 0 Å². The topological polar surface area (TPSA) is 82.1 Å². The zero-order valence-corrected chi connectivity index (χ0v) is 11.3. The molecule has 0 aliphatic carbocycles. The maximum atomic E-state index is 9.05. The Morgan fingerprint density at radius 2 is 2.10 bits per heavy atom. The maximum Gasteiger partial charge on any atom is 0.199 e. The Hall–Kier alpha value is -2.72. The van der Waals surface area contributed by atoms with Gasteiger partial charge in [0, 0.05) is 26.2 Å². The molecule has 0 saturated carbocycles. The van der Waals surface area contributed by atoms with Crippen LogP contribution in [0.2, 0.25) is 0 Å². The lowest BCUT2D eigenvalue weighted by Gasteiger charge is -2.28. The molecular weight excluding hydrogens is 266 g/mol. The molecule has 0 amide bonds. The molecule has 1 aliphatic rings. The van der Waals surface area contributed by atoms with Gasteiger partial charge in [0.05, 0.1) is 22.7 Å². The third-order valence-corrected chi connectivity index (χ3v) is 3.72. The zero-order valence-electron chi connectivity index (χ0n) is 11.3. The number of nitrogens with one attached hydrogen (secondary N) is 1. The first-order valence-corrected chi connectivity index (χ1v) is 6.86. The van der Waals surface area contributed by atoms with E-state index in [-0.39, 0.29) is 0 Å². The van der Waals surface area contributed by atoms with Crippen LogP contribution in [0.15, 0.2) is 24.5 Å². The highest BCUT2D eigenvalue weighted by atomic mass is 15.3. The first-order chi connectivity index (χ1) is 10.4. The number of nitriles is 1. The fraction of sp³-hybridized carbons (Fsp3) is 0.286. The smallest absolute Gasteiger partial charge is 0.199 e. The van der Waals surface area contributed by atoms with E-state index in [2.05, 4.69) is 26.4 Å². The van der Waals surface area contributed by atoms with Crippen molar-refractivity contribution in [1.29, 1.82) is 5.26 Å². The number of fused-ring (bicyclic) bond motifs is 3. The normalized spacial score (nSPS) is 15.5. The van der Waals surface area contributed by atoms with E-state index in [1.807, 2.05) is 6.07 Å². The lowest BCUT2D eigenvalue weighted by molar-refractivity contribution is 0.586. The molecule has 1 aromatic carbocycles. The van der Waals surface area contributed by atoms with Gasteiger partial charge in [-0.25, -0.2) is 14.5 Å². The molecule has 2 aromatic heterocycles. The Balaban J connectivity index is 1.98. The summed E-state index contributed by atoms with van der Waals surface area (Å²) in [6.07, 6.45) is 1.53. The van der Waals surface area contributed by atoms with Crippen molar-refractivity contribution >= 4 is 22.5 Å². The van der Waals surface area contributed by atoms with Crippen LogP contribution in [0.4, 0.5) is 5.82 Å². The number of piperazine rings is 1. The SMILES string of the molecule is N#Cc1ccc2nc(N3CCNCC3)c3ncnn3c2c1. The van der Waals surface area contributed by atoms with Gasteiger partial charge in [-0.15, -0.1) is 0 Å². The largest absolute Gasteiger partial charge is 0.351 e. The van der Waals surface area contributed by atoms with Crippen LogP contribution in [0, 0.1) is 11.3 Å². The molecule has 0 spiro atoms. The van der Waals surface area contributed by atoms with E-state index in [1.165, 1.54) is 6.33 Å². The summed E-state index contributed by atoms with van der Waals surface area (Å²) in [5.41, 5.74) is 2.96. The van der Waals surface area contributed by atoms with Gasteiger partial charge in [0.15, 0.2) is 11.5 Å². The Labute approximate surface area is 120 Å². The zero-order chi connectivity index (χ0) is 14.2. The van der Waals surface area contributed by atoms with Gasteiger partial charge >= 0.3 is 0 Å². The molecule has 3 heterocycles. The molecule has 0 bridgehead atoms. The van der Waals surface area contributed by atoms with E-state index in [4.69, 9.17) is 10.2 Å². The quantitative estimate of drug-likeness (QED) is 0.701. The molecule has 1 aliphatic heterocycles. The van der Waals surface area contributed by atoms with Crippen molar-refractivity contribution in [3.8, 4) is 6.07 Å². The molecule has 7 heteroatoms. The van der Waals surface area contributed by atoms with E-state index in [0.717, 1.165) is 48.7 Å². The average Bonchev–Trinajstić information content (AvgIpc) is 3.04. The molecule has 3 aromatic rings. The van der Waals surface area contributed by atoms with Crippen LogP contribution >= 0.6 is 0 Å². The number of hydrogen-bond donors (Lipinski definition) is 1. The second kappa shape index (κ2) is 4.68. The van der Waals surface area contributed by atoms with Crippen LogP contribution in [-0.2, 0) is 0 Å². The van der Waals surface area contributed by atoms with E-state index >= 15 is 0 Å². The predicted molar refractivity (Wildman–Crippen MR) is 78.1 cm³/mol. The number of benzene rings is 1. The van der Waals surface area contributed by atoms with Crippen molar-refractivity contribution in [3.63, 3.8) is 0 Å². The van der Waals surface area contributed by atoms with Gasteiger partial charge in [0.2, 0.25) is 0 Å². The predicted octanol–water partition coefficient (Wildman–Crippen LogP) is 0.559. The van der Waals surface area contributed by atoms with E-state index in [9.17, 15) is 0 Å². The molecule has 0 radical (unpaired) electrons. The maximum absolute atomic E-state index is 9.05. The third-order valence-electron chi connectivity index (χ3n) is 3.72. The van der Waals surface area contributed by atoms with Gasteiger partial charge in [-0.3, -0.25) is 0 Å². The van der Waals surface area contributed by atoms with Gasteiger partial charge in [0.1, 0.15) is 6.33 Å². The Morgan fingerprint density at radius 3 is 2.90 bits per heavy atom. The molecular formula is C14H13N7. The molecule has 21 heavy (non-hydrogen) atoms. The summed E-state index contributed by atoms with van der Waals surface area (Å²) in [5.74, 6) is 0.853. The number of rotatable bonds is 1. The minimum Gasteiger partial charge on any atom is -0.351 e. The van der Waals surface area contributed by atoms with Crippen LogP contribution in [0.1, 0.15) is 5.56 Å². The summed E-state index contributed by atoms with van der Waals surface area (Å²) < 4.78 is 1.76. The second-order valence-electron chi connectivity index (χ2n) is 4.98. The van der Waals surface area contributed by atoms with Crippen LogP contribution in [0.5, 0.6) is 0 Å². The van der Waals surface area contributed by atoms with Crippen molar-refractivity contribution in [1.82, 2.24) is 24.9 Å². The summed E-state index contributed by atoms with van der Waals surface area (Å²) in [4.78, 5) is 11.3. The van der Waals surface area contributed by atoms with E-state index < -0.39 is 0 Å². The molecule has 1 fully saturated rings. The standard InChI is InChI=1S/C14H13N7/c15-8-10-1-2-11-12(7-10)21-13(17-9-18-21)14(19-11)20-5-3-16-4-6-20/h1-2,7,9,16H,3-6H2. The average molecular weight is 279 g/mol. The fourth-order valence-electron chi connectivity index (χ4n) is 2.68. The molecule has 4 rings (SSSR count). The van der Waals surface area contributed by atoms with Gasteiger partial charge in [0.25, 0.3) is 0 Å². The van der Waals surface area contributed by atoms with Crippen molar-refractivity contribution in [2.75, 3.05) is 31.1 Å². The van der Waals surface area contributed by atoms with Crippen LogP contribution in [-0.4, -0.2) is 45.8 Å². The van der Waals surface area contributed by atoms with Gasteiger partial charge < -0.3 is 10.2 Å². The number of hydrogen-bond acceptors (Lipinski definition) is 6. The van der Waals surface area contributed by atoms with E-state index in [0.29, 0.717) is 5.56 Å². The second-order valence-corrected chi connectivity index (χ2v) is 4.98. The van der Waals surface area contributed by atoms with Crippen molar-refractivity contribution in [2.45, 2.75) is 0 Å². The molecule has 0 atom stereocenters. The molecule has 104 valence electrons. The Kier molecular flexibility index (Phi) is 2.69. The van der Waals surface area contributed by atoms with E-state index in [1.54, 1.807) is 16.6 Å². The highest BCUT2D eigenvalue weighted by molar-refractivity contribution is 5.83. The number of aromatic nitrogens is 4. The summed E-state index contributed by atoms with van der Waals surface area (Å²) in [6.45, 7) is 3.68. The molecule has 7 nitrogen and oxygen atoms in total. The molecule has 1 saturated heterocycles. The van der Waals surface area contributed by atoms with Crippen molar-refractivity contribution in [2.24, 2.45) is 0 Å². The lowest BCUT2D eigenvalue weighted by atomic mass is 10.2. The van der Waals surface area contributed by atoms with Gasteiger partial charge in [-0.05, 0) is 18.2 Å². The molecule has 1 N–H and O–H groups in total. The first-order valence-electron chi connectivity index (χ1n) is 6.86. The third kappa shape index (κ3) is 1.88. The van der Waals surface area contributed by atoms with Gasteiger partial charge in [-0.2, -0.15) is 10.4 Å². The monoisotopic (exact) mass is 279 g/mol. The highest BCUT2D eigenvalue weighted by Gasteiger charge is 2.18. The Bertz CT molecular complexity index is 855. The van der Waals surface area contributed by atoms with Crippen LogP contribution in [0.25, 0.3) is 16.7 Å². The van der Waals surface area contributed by atoms with Crippen molar-refractivity contribution in [3.05, 3.63) is 30.1 Å². The molecule has 0 unspecified atom stereocenters. The summed E-state index contributed by atoms with van der Waals surface area (Å²) in [6, 6.07) is 7.58. The highest BCUT2D eigenvalue weighted by Crippen LogP contribution is 2.23. The summed E-state index contributed by atoms with van der Waals surface area (Å²) in [7, 11) is 0. The lowest BCUT2D eigenvalue weighted by Crippen LogP contribution is -2.44. The number of nitrogens with zero attached hydrogens (tertiary/aromatic N) is 6. The fourth-order valence-corrected chi connectivity index (χ4v) is 2.68. The van der Waals surface area contributed by atoms with Crippen LogP contribution in [0.3, 0.4) is 0 Å². The summed E-state index contributed by atoms with van der Waals surface area (Å²) in [5, 5.41) is 16.7. The minimum absolute atomic E-state index is 0.594. The Morgan fingerprint density at radius 1 is 1.24 bits per heavy atom. The first kappa shape index (κ1) is 12.1. The number of anilines is 1. The summed E-state index contributed by atoms with van der Waals surface area (Å²) >= 11 is 0. The van der Waals surface area contributed by atoms with Crippen molar-refractivity contribution < 1.29 is 0 Å². The van der Waals surface area contributed by atoms with Crippen LogP contribution < -0.4 is 10.2 Å². The minimum atomic E-state index is 0.594.